The average Bonchev–Trinajstić information content (AvgIpc) is 1.54. The van der Waals surface area contributed by atoms with Crippen molar-refractivity contribution in [3.05, 3.63) is 240 Å². The van der Waals surface area contributed by atoms with E-state index in [2.05, 4.69) is 239 Å². The van der Waals surface area contributed by atoms with Gasteiger partial charge in [0.15, 0.2) is 41.4 Å². The summed E-state index contributed by atoms with van der Waals surface area (Å²) in [5, 5.41) is 3.17. The first-order valence-corrected chi connectivity index (χ1v) is 42.0. The van der Waals surface area contributed by atoms with E-state index >= 15 is 16.8 Å². The van der Waals surface area contributed by atoms with E-state index in [0.29, 0.717) is 132 Å². The van der Waals surface area contributed by atoms with Gasteiger partial charge in [-0.05, 0) is 214 Å². The van der Waals surface area contributed by atoms with Crippen LogP contribution in [0.1, 0.15) is 233 Å². The van der Waals surface area contributed by atoms with E-state index in [1.165, 1.54) is 24.3 Å². The van der Waals surface area contributed by atoms with Crippen molar-refractivity contribution in [2.45, 2.75) is 233 Å². The molecule has 111 heavy (non-hydrogen) atoms. The Morgan fingerprint density at radius 3 is 0.820 bits per heavy atom. The summed E-state index contributed by atoms with van der Waals surface area (Å²) in [6, 6.07) is 38.4. The average molecular weight is 1570 g/mol. The molecule has 0 radical (unpaired) electrons. The minimum absolute atomic E-state index is 0. The number of hydrogen-bond donors (Lipinski definition) is 0. The summed E-state index contributed by atoms with van der Waals surface area (Å²) in [4.78, 5) is 84.0. The third-order valence-electron chi connectivity index (χ3n) is 23.1. The molecule has 0 aliphatic carbocycles. The van der Waals surface area contributed by atoms with Gasteiger partial charge in [-0.25, -0.2) is 26.8 Å². The van der Waals surface area contributed by atoms with E-state index in [1.54, 1.807) is 24.3 Å². The molecule has 15 heteroatoms. The van der Waals surface area contributed by atoms with Crippen LogP contribution in [-0.4, -0.2) is 16.8 Å². The second kappa shape index (κ2) is 25.6. The van der Waals surface area contributed by atoms with Crippen LogP contribution in [0.5, 0.6) is 0 Å². The summed E-state index contributed by atoms with van der Waals surface area (Å²) in [5.41, 5.74) is 10.8. The van der Waals surface area contributed by atoms with Crippen LogP contribution in [0.15, 0.2) is 150 Å². The molecule has 4 aliphatic heterocycles. The summed E-state index contributed by atoms with van der Waals surface area (Å²) >= 11 is 0. The first-order chi connectivity index (χ1) is 50.6. The van der Waals surface area contributed by atoms with Crippen LogP contribution in [0.4, 0.5) is 11.4 Å². The SMILES string of the molecule is CC(C)(C)c1cc(-c2c3c4c(c(c(-c5cc(C(C)(C)C)cc(C(C)(C)C)c5)c5[n-]c(c(-c6cc(C(C)(C)C)cc(C(C)(C)C)c6)c6c7cc8c(=O)ccc(=O)c8cc7c(c(-c7cc(C(C)(C)C)cc(C(C)(C)C)c7)c7[n-]c2c2c7CS(=O)(=O)C2)N=6)c2cc6c(=O)ccc(=O)c6cc52)=N3)CS(=O)(=O)C4)cc(C(C)(C)C)c1.[Zn+2]. The number of aromatic nitrogens is 2. The molecule has 15 rings (SSSR count). The van der Waals surface area contributed by atoms with E-state index < -0.39 is 86.0 Å². The number of rotatable bonds is 4. The Bertz CT molecular complexity index is 6720. The van der Waals surface area contributed by atoms with Crippen LogP contribution in [-0.2, 0) is 105 Å². The van der Waals surface area contributed by atoms with Crippen molar-refractivity contribution in [1.82, 2.24) is 9.97 Å². The van der Waals surface area contributed by atoms with Crippen molar-refractivity contribution in [1.29, 1.82) is 0 Å². The Kier molecular flexibility index (Phi) is 18.1. The molecular weight excluding hydrogens is 1470 g/mol. The molecule has 0 atom stereocenters. The van der Waals surface area contributed by atoms with Gasteiger partial charge in [0.2, 0.25) is 0 Å². The monoisotopic (exact) mass is 1560 g/mol. The van der Waals surface area contributed by atoms with Crippen LogP contribution in [0.25, 0.3) is 110 Å². The zero-order valence-electron chi connectivity index (χ0n) is 69.0. The van der Waals surface area contributed by atoms with Crippen molar-refractivity contribution in [3.63, 3.8) is 0 Å². The summed E-state index contributed by atoms with van der Waals surface area (Å²) in [6.45, 7) is 51.9. The number of sulfone groups is 2. The standard InChI is InChI=1S/C96H102N4O8S2.Zn/c1-89(2,3)53-29-49(30-54(37-53)90(4,5)6)77-81-65-41-61-63(75(103)27-25-73(61)101)43-67(65)83(97-81)78(50-31-55(91(7,8)9)38-56(32-50)92(10,11)12)85-69-45-109(105,106)47-71(69)87(99-85)80(52-35-59(95(19,20)21)40-60(36-52)96(22,23)24)88-72-48-110(107,108)46-70(72)86(100-88)79(51-33-57(93(13,14)15)39-58(34-51)94(16,17)18)84-68-44-64-62(42-66(68)82(77)98-84)74(102)26-28-76(64)104;/h25-44H,45-48H2,1-24H3,(H2,97,98,99,100,101,102,103,104);/q;+2/p-2. The molecule has 9 aromatic carbocycles. The van der Waals surface area contributed by atoms with Gasteiger partial charge in [0, 0.05) is 32.3 Å². The molecule has 4 aliphatic rings. The summed E-state index contributed by atoms with van der Waals surface area (Å²) in [7, 11) is -8.00. The largest absolute Gasteiger partial charge is 2.00 e. The number of benzene rings is 8. The molecule has 0 spiro atoms. The van der Waals surface area contributed by atoms with Crippen LogP contribution in [0.3, 0.4) is 0 Å². The first kappa shape index (κ1) is 78.8. The number of fused-ring (bicyclic) bond motifs is 2. The summed E-state index contributed by atoms with van der Waals surface area (Å²) in [6.07, 6.45) is 0. The second-order valence-electron chi connectivity index (χ2n) is 39.9. The fraction of sp³-hybridized carbons (Fsp3) is 0.375. The van der Waals surface area contributed by atoms with Crippen molar-refractivity contribution in [2.24, 2.45) is 9.98 Å². The minimum Gasteiger partial charge on any atom is -0.656 e. The van der Waals surface area contributed by atoms with E-state index in [9.17, 15) is 19.2 Å². The smallest absolute Gasteiger partial charge is 0.656 e. The van der Waals surface area contributed by atoms with Crippen molar-refractivity contribution >= 4 is 96.2 Å². The van der Waals surface area contributed by atoms with Crippen molar-refractivity contribution in [2.75, 3.05) is 0 Å². The topological polar surface area (TPSA) is 189 Å². The number of nitrogens with zero attached hydrogens (tertiary/aromatic N) is 4. The van der Waals surface area contributed by atoms with E-state index in [-0.39, 0.29) is 62.7 Å². The predicted octanol–water partition coefficient (Wildman–Crippen LogP) is 20.1. The van der Waals surface area contributed by atoms with Gasteiger partial charge < -0.3 is 9.97 Å². The van der Waals surface area contributed by atoms with Crippen LogP contribution < -0.4 is 42.4 Å². The maximum Gasteiger partial charge on any atom is 2.00 e. The molecule has 2 aromatic heterocycles. The number of hydrogen-bond acceptors (Lipinski definition) is 10. The van der Waals surface area contributed by atoms with E-state index in [4.69, 9.17) is 20.0 Å². The molecule has 0 unspecified atom stereocenters. The van der Waals surface area contributed by atoms with Gasteiger partial charge in [-0.3, -0.25) is 19.2 Å². The Hall–Kier alpha value is -8.88. The van der Waals surface area contributed by atoms with Crippen molar-refractivity contribution in [3.8, 4) is 44.5 Å². The van der Waals surface area contributed by atoms with Gasteiger partial charge in [-0.1, -0.05) is 239 Å². The molecule has 8 bridgehead atoms. The van der Waals surface area contributed by atoms with Crippen LogP contribution in [0.2, 0.25) is 0 Å². The van der Waals surface area contributed by atoms with E-state index in [1.807, 2.05) is 0 Å². The molecule has 0 N–H and O–H groups in total. The Morgan fingerprint density at radius 1 is 0.261 bits per heavy atom. The maximum absolute atomic E-state index is 15.5. The Morgan fingerprint density at radius 2 is 0.505 bits per heavy atom. The summed E-state index contributed by atoms with van der Waals surface area (Å²) < 4.78 is 61.8. The van der Waals surface area contributed by atoms with Gasteiger partial charge in [-0.15, -0.1) is 22.1 Å². The Balaban J connectivity index is 0.0000103. The maximum atomic E-state index is 15.5. The van der Waals surface area contributed by atoms with Crippen LogP contribution in [0, 0.1) is 0 Å². The molecule has 566 valence electrons. The van der Waals surface area contributed by atoms with Crippen LogP contribution >= 0.6 is 0 Å². The molecule has 0 fully saturated rings. The minimum atomic E-state index is -4.00. The molecule has 0 amide bonds. The predicted molar refractivity (Wildman–Crippen MR) is 455 cm³/mol. The molecule has 6 heterocycles. The molecular formula is C96H100N4O8S2Zn. The second-order valence-corrected chi connectivity index (χ2v) is 44.1. The van der Waals surface area contributed by atoms with Gasteiger partial charge in [-0.2, -0.15) is 0 Å². The molecule has 0 saturated heterocycles. The zero-order chi connectivity index (χ0) is 79.9. The summed E-state index contributed by atoms with van der Waals surface area (Å²) in [5.74, 6) is -1.65. The molecule has 12 nitrogen and oxygen atoms in total. The fourth-order valence-electron chi connectivity index (χ4n) is 16.3. The molecule has 11 aromatic rings. The zero-order valence-corrected chi connectivity index (χ0v) is 73.6. The third-order valence-corrected chi connectivity index (χ3v) is 26.0. The molecule has 0 saturated carbocycles. The fourth-order valence-corrected chi connectivity index (χ4v) is 19.5. The van der Waals surface area contributed by atoms with E-state index in [0.717, 1.165) is 44.5 Å². The quantitative estimate of drug-likeness (QED) is 0.153. The Labute approximate surface area is 664 Å². The van der Waals surface area contributed by atoms with Gasteiger partial charge in [0.05, 0.1) is 45.1 Å². The van der Waals surface area contributed by atoms with Gasteiger partial charge >= 0.3 is 19.5 Å². The van der Waals surface area contributed by atoms with Gasteiger partial charge in [0.25, 0.3) is 0 Å². The normalized spacial score (nSPS) is 15.2. The third kappa shape index (κ3) is 13.7. The van der Waals surface area contributed by atoms with Gasteiger partial charge in [0.1, 0.15) is 0 Å². The van der Waals surface area contributed by atoms with Crippen molar-refractivity contribution < 1.29 is 36.3 Å². The first-order valence-electron chi connectivity index (χ1n) is 38.4.